The van der Waals surface area contributed by atoms with E-state index in [1.54, 1.807) is 20.8 Å². The van der Waals surface area contributed by atoms with E-state index in [2.05, 4.69) is 9.50 Å². The van der Waals surface area contributed by atoms with Crippen LogP contribution >= 0.6 is 0 Å². The average molecular weight is 369 g/mol. The predicted molar refractivity (Wildman–Crippen MR) is 80.0 cm³/mol. The zero-order valence-corrected chi connectivity index (χ0v) is 14.1. The lowest BCUT2D eigenvalue weighted by molar-refractivity contribution is -0.0500. The zero-order chi connectivity index (χ0) is 18.6. The van der Waals surface area contributed by atoms with Gasteiger partial charge in [-0.1, -0.05) is 12.1 Å². The molecule has 0 saturated heterocycles. The van der Waals surface area contributed by atoms with E-state index in [1.807, 2.05) is 0 Å². The minimum atomic E-state index is -5.68. The highest BCUT2D eigenvalue weighted by molar-refractivity contribution is 7.87. The van der Waals surface area contributed by atoms with Gasteiger partial charge in [-0.3, -0.25) is 0 Å². The van der Waals surface area contributed by atoms with Crippen LogP contribution in [0, 0.1) is 0 Å². The Morgan fingerprint density at radius 1 is 1.12 bits per heavy atom. The molecular formula is C14H18F3NO5S. The monoisotopic (exact) mass is 369 g/mol. The van der Waals surface area contributed by atoms with E-state index in [-0.39, 0.29) is 6.54 Å². The first-order valence-electron chi connectivity index (χ1n) is 6.87. The number of hydrogen-bond donors (Lipinski definition) is 1. The summed E-state index contributed by atoms with van der Waals surface area (Å²) in [5.74, 6) is -0.448. The van der Waals surface area contributed by atoms with Crippen LogP contribution in [0.2, 0.25) is 0 Å². The third-order valence-corrected chi connectivity index (χ3v) is 3.47. The summed E-state index contributed by atoms with van der Waals surface area (Å²) < 4.78 is 67.3. The maximum absolute atomic E-state index is 12.2. The Kier molecular flexibility index (Phi) is 6.09. The molecule has 1 amide bonds. The predicted octanol–water partition coefficient (Wildman–Crippen LogP) is 2.98. The second-order valence-corrected chi connectivity index (χ2v) is 7.34. The second-order valence-electron chi connectivity index (χ2n) is 5.81. The maximum atomic E-state index is 12.2. The molecule has 1 N–H and O–H groups in total. The summed E-state index contributed by atoms with van der Waals surface area (Å²) in [7, 11) is -5.68. The van der Waals surface area contributed by atoms with Gasteiger partial charge in [-0.2, -0.15) is 21.6 Å². The van der Waals surface area contributed by atoms with Crippen LogP contribution in [0.1, 0.15) is 26.3 Å². The molecule has 0 heterocycles. The number of carbonyl (C=O) groups excluding carboxylic acids is 1. The van der Waals surface area contributed by atoms with Crippen molar-refractivity contribution in [3.8, 4) is 5.75 Å². The topological polar surface area (TPSA) is 81.7 Å². The number of ether oxygens (including phenoxy) is 1. The summed E-state index contributed by atoms with van der Waals surface area (Å²) in [5.41, 5.74) is -5.43. The summed E-state index contributed by atoms with van der Waals surface area (Å²) in [6, 6.07) is 5.01. The molecule has 0 aliphatic carbocycles. The molecule has 0 aliphatic heterocycles. The Morgan fingerprint density at radius 3 is 2.12 bits per heavy atom. The number of carbonyl (C=O) groups is 1. The Morgan fingerprint density at radius 2 is 1.67 bits per heavy atom. The van der Waals surface area contributed by atoms with Crippen LogP contribution in [0.5, 0.6) is 5.75 Å². The smallest absolute Gasteiger partial charge is 0.444 e. The number of halogens is 3. The number of alkyl carbamates (subject to hydrolysis) is 1. The van der Waals surface area contributed by atoms with E-state index in [1.165, 1.54) is 12.1 Å². The van der Waals surface area contributed by atoms with Crippen LogP contribution in [-0.4, -0.2) is 32.2 Å². The first-order chi connectivity index (χ1) is 10.8. The molecule has 0 atom stereocenters. The summed E-state index contributed by atoms with van der Waals surface area (Å²) in [6.07, 6.45) is -0.204. The Hall–Kier alpha value is -1.97. The highest BCUT2D eigenvalue weighted by Crippen LogP contribution is 2.26. The molecule has 0 bridgehead atoms. The van der Waals surface area contributed by atoms with Gasteiger partial charge in [-0.15, -0.1) is 0 Å². The van der Waals surface area contributed by atoms with Crippen molar-refractivity contribution >= 4 is 16.2 Å². The van der Waals surface area contributed by atoms with Crippen molar-refractivity contribution in [2.24, 2.45) is 0 Å². The Bertz CT molecular complexity index is 663. The van der Waals surface area contributed by atoms with Gasteiger partial charge < -0.3 is 14.2 Å². The van der Waals surface area contributed by atoms with E-state index in [0.29, 0.717) is 12.0 Å². The lowest BCUT2D eigenvalue weighted by atomic mass is 10.1. The van der Waals surface area contributed by atoms with Crippen molar-refractivity contribution in [1.29, 1.82) is 0 Å². The number of nitrogens with one attached hydrogen (secondary N) is 1. The van der Waals surface area contributed by atoms with Crippen molar-refractivity contribution in [1.82, 2.24) is 5.32 Å². The molecule has 0 aliphatic rings. The highest BCUT2D eigenvalue weighted by Gasteiger charge is 2.48. The molecule has 24 heavy (non-hydrogen) atoms. The van der Waals surface area contributed by atoms with Crippen LogP contribution in [0.4, 0.5) is 18.0 Å². The molecule has 0 saturated carbocycles. The number of amides is 1. The second kappa shape index (κ2) is 7.29. The molecule has 0 unspecified atom stereocenters. The SMILES string of the molecule is CC(C)(C)OC(=O)NCCc1ccc(OS(=O)(=O)C(F)(F)F)cc1. The van der Waals surface area contributed by atoms with Gasteiger partial charge in [0.1, 0.15) is 11.4 Å². The molecule has 1 rings (SSSR count). The van der Waals surface area contributed by atoms with Crippen LogP contribution in [0.3, 0.4) is 0 Å². The van der Waals surface area contributed by atoms with E-state index in [0.717, 1.165) is 12.1 Å². The minimum Gasteiger partial charge on any atom is -0.444 e. The van der Waals surface area contributed by atoms with Crippen LogP contribution in [0.15, 0.2) is 24.3 Å². The van der Waals surface area contributed by atoms with Gasteiger partial charge in [-0.25, -0.2) is 4.79 Å². The number of benzene rings is 1. The summed E-state index contributed by atoms with van der Waals surface area (Å²) in [4.78, 5) is 11.4. The van der Waals surface area contributed by atoms with Crippen LogP contribution in [0.25, 0.3) is 0 Å². The molecule has 0 aromatic heterocycles. The summed E-state index contributed by atoms with van der Waals surface area (Å²) in [5, 5.41) is 2.52. The number of alkyl halides is 3. The van der Waals surface area contributed by atoms with E-state index >= 15 is 0 Å². The van der Waals surface area contributed by atoms with Gasteiger partial charge in [0.25, 0.3) is 0 Å². The average Bonchev–Trinajstić information content (AvgIpc) is 2.37. The van der Waals surface area contributed by atoms with Gasteiger partial charge in [-0.05, 0) is 44.9 Å². The van der Waals surface area contributed by atoms with Crippen molar-refractivity contribution in [2.75, 3.05) is 6.54 Å². The van der Waals surface area contributed by atoms with Crippen LogP contribution < -0.4 is 9.50 Å². The molecule has 1 aromatic rings. The summed E-state index contributed by atoms with van der Waals surface area (Å²) in [6.45, 7) is 5.41. The van der Waals surface area contributed by atoms with Gasteiger partial charge in [0.05, 0.1) is 0 Å². The number of hydrogen-bond acceptors (Lipinski definition) is 5. The summed E-state index contributed by atoms with van der Waals surface area (Å²) >= 11 is 0. The normalized spacial score (nSPS) is 12.6. The zero-order valence-electron chi connectivity index (χ0n) is 13.3. The molecule has 136 valence electrons. The highest BCUT2D eigenvalue weighted by atomic mass is 32.2. The van der Waals surface area contributed by atoms with Crippen LogP contribution in [-0.2, 0) is 21.3 Å². The molecule has 0 spiro atoms. The van der Waals surface area contributed by atoms with E-state index in [4.69, 9.17) is 4.74 Å². The van der Waals surface area contributed by atoms with Crippen molar-refractivity contribution in [3.05, 3.63) is 29.8 Å². The Balaban J connectivity index is 2.53. The lowest BCUT2D eigenvalue weighted by Crippen LogP contribution is -2.33. The standard InChI is InChI=1S/C14H18F3NO5S/c1-13(2,3)22-12(19)18-9-8-10-4-6-11(7-5-10)23-24(20,21)14(15,16)17/h4-7H,8-9H2,1-3H3,(H,18,19). The molecule has 6 nitrogen and oxygen atoms in total. The first-order valence-corrected chi connectivity index (χ1v) is 8.27. The van der Waals surface area contributed by atoms with Gasteiger partial charge in [0, 0.05) is 6.54 Å². The third-order valence-electron chi connectivity index (χ3n) is 2.49. The lowest BCUT2D eigenvalue weighted by Gasteiger charge is -2.19. The fourth-order valence-electron chi connectivity index (χ4n) is 1.51. The van der Waals surface area contributed by atoms with Crippen molar-refractivity contribution in [2.45, 2.75) is 38.3 Å². The van der Waals surface area contributed by atoms with Crippen molar-refractivity contribution < 1.29 is 35.3 Å². The van der Waals surface area contributed by atoms with Gasteiger partial charge in [0.2, 0.25) is 0 Å². The van der Waals surface area contributed by atoms with Gasteiger partial charge >= 0.3 is 21.7 Å². The molecule has 10 heteroatoms. The Labute approximate surface area is 138 Å². The molecular weight excluding hydrogens is 351 g/mol. The van der Waals surface area contributed by atoms with E-state index in [9.17, 15) is 26.4 Å². The number of rotatable bonds is 5. The maximum Gasteiger partial charge on any atom is 0.534 e. The third kappa shape index (κ3) is 6.65. The molecule has 0 radical (unpaired) electrons. The fraction of sp³-hybridized carbons (Fsp3) is 0.500. The molecule has 1 aromatic carbocycles. The largest absolute Gasteiger partial charge is 0.534 e. The minimum absolute atomic E-state index is 0.246. The fourth-order valence-corrected chi connectivity index (χ4v) is 1.97. The quantitative estimate of drug-likeness (QED) is 0.637. The van der Waals surface area contributed by atoms with Crippen molar-refractivity contribution in [3.63, 3.8) is 0 Å². The first kappa shape index (κ1) is 20.1. The van der Waals surface area contributed by atoms with E-state index < -0.39 is 33.1 Å². The van der Waals surface area contributed by atoms with Gasteiger partial charge in [0.15, 0.2) is 0 Å². The molecule has 0 fully saturated rings.